The molecule has 0 aliphatic carbocycles. The van der Waals surface area contributed by atoms with Gasteiger partial charge in [-0.25, -0.2) is 28.8 Å². The molecule has 0 saturated heterocycles. The highest BCUT2D eigenvalue weighted by Crippen LogP contribution is 2.52. The van der Waals surface area contributed by atoms with Gasteiger partial charge in [0.05, 0.1) is 77.1 Å². The number of aromatic hydroxyl groups is 1. The summed E-state index contributed by atoms with van der Waals surface area (Å²) in [4.78, 5) is 88.1. The van der Waals surface area contributed by atoms with Crippen LogP contribution in [0.3, 0.4) is 0 Å². The number of carboxylic acids is 3. The summed E-state index contributed by atoms with van der Waals surface area (Å²) in [5.74, 6) is -3.55. The van der Waals surface area contributed by atoms with Crippen molar-refractivity contribution in [2.75, 3.05) is 43.3 Å². The fourth-order valence-corrected chi connectivity index (χ4v) is 16.4. The second kappa shape index (κ2) is 44.8. The van der Waals surface area contributed by atoms with Crippen LogP contribution in [0.1, 0.15) is 251 Å². The molecule has 1 amide bonds. The number of amides is 1. The number of rotatable bonds is 25. The van der Waals surface area contributed by atoms with Crippen LogP contribution in [0.5, 0.6) is 23.0 Å². The Morgan fingerprint density at radius 2 is 0.723 bits per heavy atom. The number of phenols is 1. The van der Waals surface area contributed by atoms with Crippen LogP contribution in [-0.4, -0.2) is 105 Å². The summed E-state index contributed by atoms with van der Waals surface area (Å²) < 4.78 is 58.6. The van der Waals surface area contributed by atoms with E-state index in [-0.39, 0.29) is 55.0 Å². The van der Waals surface area contributed by atoms with Crippen LogP contribution in [0.4, 0.5) is 22.7 Å². The lowest BCUT2D eigenvalue weighted by atomic mass is 9.86. The summed E-state index contributed by atoms with van der Waals surface area (Å²) in [6.07, 6.45) is -4.48. The van der Waals surface area contributed by atoms with Crippen molar-refractivity contribution >= 4 is 64.5 Å². The number of carbonyl (C=O) groups excluding carboxylic acids is 4. The lowest BCUT2D eigenvalue weighted by Gasteiger charge is -2.31. The van der Waals surface area contributed by atoms with E-state index in [9.17, 15) is 54.0 Å². The van der Waals surface area contributed by atoms with Crippen molar-refractivity contribution in [1.29, 1.82) is 0 Å². The van der Waals surface area contributed by atoms with Gasteiger partial charge in [-0.15, -0.1) is 0 Å². The Kier molecular flexibility index (Phi) is 34.9. The minimum Gasteiger partial charge on any atom is -0.505 e. The van der Waals surface area contributed by atoms with E-state index in [1.54, 1.807) is 84.9 Å². The van der Waals surface area contributed by atoms with Gasteiger partial charge in [-0.3, -0.25) is 4.79 Å². The summed E-state index contributed by atoms with van der Waals surface area (Å²) in [6.45, 7) is 47.1. The Morgan fingerprint density at radius 1 is 0.401 bits per heavy atom. The van der Waals surface area contributed by atoms with Crippen LogP contribution in [0.2, 0.25) is 0 Å². The smallest absolute Gasteiger partial charge is 0.339 e. The number of fused-ring (bicyclic) bond motifs is 2. The Labute approximate surface area is 804 Å². The molecule has 1 heterocycles. The highest BCUT2D eigenvalue weighted by atomic mass is 16.6. The number of anilines is 4. The second-order valence-electron chi connectivity index (χ2n) is 38.1. The van der Waals surface area contributed by atoms with Gasteiger partial charge in [-0.2, -0.15) is 0 Å². The quantitative estimate of drug-likeness (QED) is 0.0114. The highest BCUT2D eigenvalue weighted by molar-refractivity contribution is 6.08. The zero-order valence-corrected chi connectivity index (χ0v) is 83.8. The zero-order chi connectivity index (χ0) is 102. The number of aromatic carboxylic acids is 1. The minimum atomic E-state index is -1.26. The molecular weight excluding hydrogens is 1740 g/mol. The first-order valence-corrected chi connectivity index (χ1v) is 45.2. The molecule has 11 aromatic carbocycles. The third kappa shape index (κ3) is 25.9. The number of carbonyl (C=O) groups is 7. The first kappa shape index (κ1) is 107. The number of ether oxygens (including phenoxy) is 10. The van der Waals surface area contributed by atoms with Gasteiger partial charge in [-0.1, -0.05) is 174 Å². The molecule has 25 nitrogen and oxygen atoms in total. The number of nitrogen functional groups attached to an aromatic ring is 3. The largest absolute Gasteiger partial charge is 0.505 e. The Bertz CT molecular complexity index is 6290. The summed E-state index contributed by atoms with van der Waals surface area (Å²) in [5, 5.41) is 43.5. The number of benzene rings is 11. The van der Waals surface area contributed by atoms with Crippen LogP contribution in [-0.2, 0) is 72.2 Å². The van der Waals surface area contributed by atoms with Crippen LogP contribution in [0, 0.1) is 83.1 Å². The molecule has 11 aromatic rings. The number of carboxylic acid groups (broad SMARTS) is 3. The van der Waals surface area contributed by atoms with Crippen molar-refractivity contribution < 1.29 is 101 Å². The van der Waals surface area contributed by atoms with E-state index in [1.165, 1.54) is 20.3 Å². The topological polar surface area (TPSA) is 383 Å². The predicted octanol–water partition coefficient (Wildman–Crippen LogP) is 23.7. The maximum absolute atomic E-state index is 13.2. The summed E-state index contributed by atoms with van der Waals surface area (Å²) in [5.41, 5.74) is 39.2. The standard InChI is InChI=1S/C32H39NO6.C29H33NO6.C29H31NO5.C22H29NO4/c1-9-37-30(34)24-13-11-10-12-23(24)18-38-28-21(4)25(22-16-14-19(2)15-17-22)26(20(3)27(28)33)29(31(35)36-8)39-32(5,6)7;1-16-11-13-19(14-12-16)22-18(3)25(35-15-20-9-7-8-10-21(20)27(31)32)24(30)17(2)23(22)26(28(33)34)36-29(4,5)6;1-16-11-13-19(14-12-16)22-18(3)25-24(17(2)23(22)26(28(32)33)35-29(4,5)6)30-27(31)21-10-8-7-9-20(21)15-34-25;1-12-8-10-15(11-9-12)16-14(3)19(24)18(23)13(2)17(16)20(21(25)26-7)27-22(4,5)6/h10-17,29H,9,18,33H2,1-8H3;7-14,26H,15,30H2,1-6H3,(H,31,32)(H,33,34);7-14,26H,15H2,1-6H3,(H,30,31)(H,32,33);8-11,20,24H,23H2,1-7H3/t29-;2*26-;20-/m0000/s1. The normalized spacial score (nSPS) is 12.8. The van der Waals surface area contributed by atoms with Crippen molar-refractivity contribution in [3.8, 4) is 67.5 Å². The SMILES string of the molecule is CCOC(=O)c1ccccc1COc1c(C)c(-c2ccc(C)cc2)c([C@H](OC(C)(C)C)C(=O)OC)c(C)c1N.COC(=O)[C@@H](OC(C)(C)C)c1c(C)c(N)c(O)c(C)c1-c1ccc(C)cc1.Cc1ccc(-c2c(C)c(OCc3ccccc3C(=O)O)c(N)c(C)c2[C@H](OC(C)(C)C)C(=O)O)cc1.Cc1ccc(-c2c(C)c3c(c(C)c2[C@H](OC(C)(C)C)C(=O)O)NC(=O)c2ccccc2CO3)cc1. The van der Waals surface area contributed by atoms with Crippen LogP contribution in [0.25, 0.3) is 44.5 Å². The molecule has 12 rings (SSSR count). The van der Waals surface area contributed by atoms with E-state index in [2.05, 4.69) is 5.32 Å². The van der Waals surface area contributed by atoms with Crippen LogP contribution >= 0.6 is 0 Å². The molecule has 4 atom stereocenters. The first-order valence-electron chi connectivity index (χ1n) is 45.2. The van der Waals surface area contributed by atoms with Gasteiger partial charge < -0.3 is 90.3 Å². The van der Waals surface area contributed by atoms with E-state index < -0.39 is 82.6 Å². The molecule has 137 heavy (non-hydrogen) atoms. The molecule has 0 aromatic heterocycles. The van der Waals surface area contributed by atoms with Crippen molar-refractivity contribution in [1.82, 2.24) is 0 Å². The molecule has 11 N–H and O–H groups in total. The molecule has 0 saturated carbocycles. The van der Waals surface area contributed by atoms with Crippen molar-refractivity contribution in [3.63, 3.8) is 0 Å². The lowest BCUT2D eigenvalue weighted by molar-refractivity contribution is -0.164. The van der Waals surface area contributed by atoms with Gasteiger partial charge >= 0.3 is 35.8 Å². The molecule has 0 radical (unpaired) electrons. The highest BCUT2D eigenvalue weighted by Gasteiger charge is 2.41. The summed E-state index contributed by atoms with van der Waals surface area (Å²) in [7, 11) is 2.68. The summed E-state index contributed by atoms with van der Waals surface area (Å²) in [6, 6.07) is 52.7. The van der Waals surface area contributed by atoms with Gasteiger partial charge in [0, 0.05) is 66.8 Å². The second-order valence-corrected chi connectivity index (χ2v) is 38.1. The van der Waals surface area contributed by atoms with E-state index in [1.807, 2.05) is 252 Å². The molecule has 0 bridgehead atoms. The van der Waals surface area contributed by atoms with E-state index >= 15 is 0 Å². The molecular formula is C112H132N4O21. The number of hydrogen-bond acceptors (Lipinski definition) is 21. The maximum atomic E-state index is 13.2. The number of esters is 3. The Balaban J connectivity index is 0.000000206. The molecule has 0 unspecified atom stereocenters. The van der Waals surface area contributed by atoms with Gasteiger partial charge in [0.2, 0.25) is 0 Å². The fraction of sp³-hybridized carbons (Fsp3) is 0.348. The summed E-state index contributed by atoms with van der Waals surface area (Å²) >= 11 is 0. The molecule has 726 valence electrons. The number of nitrogens with two attached hydrogens (primary N) is 3. The number of aliphatic carboxylic acids is 2. The zero-order valence-electron chi connectivity index (χ0n) is 83.8. The Morgan fingerprint density at radius 3 is 1.09 bits per heavy atom. The molecule has 1 aliphatic heterocycles. The predicted molar refractivity (Wildman–Crippen MR) is 536 cm³/mol. The number of phenolic OH excluding ortho intramolecular Hbond substituents is 1. The number of methoxy groups -OCH3 is 2. The van der Waals surface area contributed by atoms with Crippen molar-refractivity contribution in [2.24, 2.45) is 0 Å². The molecule has 0 fully saturated rings. The average molecular weight is 1870 g/mol. The number of hydrogen-bond donors (Lipinski definition) is 8. The number of nitrogens with one attached hydrogen (secondary N) is 1. The molecule has 0 spiro atoms. The van der Waals surface area contributed by atoms with Gasteiger partial charge in [0.25, 0.3) is 5.91 Å². The van der Waals surface area contributed by atoms with Crippen LogP contribution < -0.4 is 36.7 Å². The fourth-order valence-electron chi connectivity index (χ4n) is 16.4. The monoisotopic (exact) mass is 1870 g/mol. The minimum absolute atomic E-state index is 0.0134. The van der Waals surface area contributed by atoms with Crippen LogP contribution in [0.15, 0.2) is 170 Å². The van der Waals surface area contributed by atoms with Crippen molar-refractivity contribution in [2.45, 2.75) is 240 Å². The van der Waals surface area contributed by atoms with Gasteiger partial charge in [0.1, 0.15) is 42.8 Å². The Hall–Kier alpha value is -13.9. The van der Waals surface area contributed by atoms with E-state index in [0.29, 0.717) is 112 Å². The third-order valence-electron chi connectivity index (χ3n) is 23.1. The average Bonchev–Trinajstić information content (AvgIpc) is 0.758. The van der Waals surface area contributed by atoms with Crippen molar-refractivity contribution in [3.05, 3.63) is 292 Å². The lowest BCUT2D eigenvalue weighted by Crippen LogP contribution is -2.29. The van der Waals surface area contributed by atoms with Gasteiger partial charge in [0.15, 0.2) is 24.4 Å². The van der Waals surface area contributed by atoms with Gasteiger partial charge in [-0.05, 0) is 258 Å². The first-order chi connectivity index (χ1) is 64.2. The maximum Gasteiger partial charge on any atom is 0.339 e. The molecule has 1 aliphatic rings. The van der Waals surface area contributed by atoms with E-state index in [4.69, 9.17) is 64.6 Å². The molecule has 25 heteroatoms. The number of aryl methyl sites for hydroxylation is 4. The van der Waals surface area contributed by atoms with E-state index in [0.717, 1.165) is 77.9 Å². The third-order valence-corrected chi connectivity index (χ3v) is 23.1.